The minimum absolute atomic E-state index is 0.0104. The molecule has 0 spiro atoms. The lowest BCUT2D eigenvalue weighted by atomic mass is 10.1. The average molecular weight is 448 g/mol. The van der Waals surface area contributed by atoms with Crippen LogP contribution < -0.4 is 13.8 Å². The van der Waals surface area contributed by atoms with Crippen molar-refractivity contribution in [3.8, 4) is 11.5 Å². The second kappa shape index (κ2) is 8.72. The number of carbonyl (C=O) groups is 1. The van der Waals surface area contributed by atoms with E-state index in [1.54, 1.807) is 36.4 Å². The molecule has 0 bridgehead atoms. The molecule has 0 saturated carbocycles. The van der Waals surface area contributed by atoms with Crippen LogP contribution in [0.1, 0.15) is 10.4 Å². The summed E-state index contributed by atoms with van der Waals surface area (Å²) in [5.74, 6) is 0.375. The highest BCUT2D eigenvalue weighted by Crippen LogP contribution is 2.26. The number of carbonyl (C=O) groups excluding carboxylic acids is 1. The van der Waals surface area contributed by atoms with Gasteiger partial charge < -0.3 is 9.47 Å². The van der Waals surface area contributed by atoms with E-state index >= 15 is 0 Å². The van der Waals surface area contributed by atoms with Gasteiger partial charge in [-0.15, -0.1) is 0 Å². The molecule has 0 fully saturated rings. The Labute approximate surface area is 186 Å². The van der Waals surface area contributed by atoms with Gasteiger partial charge in [-0.2, -0.15) is 0 Å². The number of methoxy groups -OCH3 is 1. The SMILES string of the molecule is COc1ccc(N(C)S(=O)(=O)c2cccc(C(=O)Oc3ccc4ccccc4c3)c2)cc1. The number of ether oxygens (including phenoxy) is 2. The van der Waals surface area contributed by atoms with Gasteiger partial charge in [-0.3, -0.25) is 4.31 Å². The minimum Gasteiger partial charge on any atom is -0.497 e. The Balaban J connectivity index is 1.57. The molecule has 0 heterocycles. The smallest absolute Gasteiger partial charge is 0.343 e. The van der Waals surface area contributed by atoms with Gasteiger partial charge in [0.15, 0.2) is 0 Å². The largest absolute Gasteiger partial charge is 0.497 e. The Hall–Kier alpha value is -3.84. The van der Waals surface area contributed by atoms with E-state index in [9.17, 15) is 13.2 Å². The Morgan fingerprint density at radius 2 is 1.47 bits per heavy atom. The Morgan fingerprint density at radius 1 is 0.781 bits per heavy atom. The van der Waals surface area contributed by atoms with E-state index in [1.807, 2.05) is 30.3 Å². The third kappa shape index (κ3) is 4.29. The molecule has 0 saturated heterocycles. The molecule has 32 heavy (non-hydrogen) atoms. The summed E-state index contributed by atoms with van der Waals surface area (Å²) in [6, 6.07) is 25.5. The summed E-state index contributed by atoms with van der Waals surface area (Å²) in [4.78, 5) is 12.7. The number of hydrogen-bond donors (Lipinski definition) is 0. The molecule has 162 valence electrons. The van der Waals surface area contributed by atoms with Crippen LogP contribution in [-0.4, -0.2) is 28.5 Å². The molecule has 0 N–H and O–H groups in total. The lowest BCUT2D eigenvalue weighted by Crippen LogP contribution is -2.26. The maximum absolute atomic E-state index is 13.1. The van der Waals surface area contributed by atoms with Crippen molar-refractivity contribution in [1.29, 1.82) is 0 Å². The summed E-state index contributed by atoms with van der Waals surface area (Å²) in [7, 11) is -0.889. The molecule has 0 aliphatic heterocycles. The molecule has 4 aromatic rings. The van der Waals surface area contributed by atoms with Crippen LogP contribution in [0.2, 0.25) is 0 Å². The fourth-order valence-electron chi connectivity index (χ4n) is 3.27. The molecule has 0 aromatic heterocycles. The van der Waals surface area contributed by atoms with Crippen LogP contribution in [0.4, 0.5) is 5.69 Å². The Kier molecular flexibility index (Phi) is 5.83. The molecule has 4 rings (SSSR count). The highest BCUT2D eigenvalue weighted by atomic mass is 32.2. The molecule has 0 aliphatic rings. The zero-order valence-electron chi connectivity index (χ0n) is 17.6. The molecule has 0 aliphatic carbocycles. The average Bonchev–Trinajstić information content (AvgIpc) is 2.83. The normalized spacial score (nSPS) is 11.2. The van der Waals surface area contributed by atoms with Crippen LogP contribution in [0.5, 0.6) is 11.5 Å². The van der Waals surface area contributed by atoms with Gasteiger partial charge in [0, 0.05) is 7.05 Å². The van der Waals surface area contributed by atoms with Crippen molar-refractivity contribution in [3.63, 3.8) is 0 Å². The van der Waals surface area contributed by atoms with E-state index in [0.29, 0.717) is 17.2 Å². The first kappa shape index (κ1) is 21.4. The maximum atomic E-state index is 13.1. The van der Waals surface area contributed by atoms with Crippen LogP contribution in [0.3, 0.4) is 0 Å². The van der Waals surface area contributed by atoms with Gasteiger partial charge in [-0.05, 0) is 65.4 Å². The van der Waals surface area contributed by atoms with Gasteiger partial charge in [0.1, 0.15) is 11.5 Å². The Bertz CT molecular complexity index is 1380. The third-order valence-corrected chi connectivity index (χ3v) is 6.88. The number of hydrogen-bond acceptors (Lipinski definition) is 5. The van der Waals surface area contributed by atoms with Gasteiger partial charge in [-0.25, -0.2) is 13.2 Å². The van der Waals surface area contributed by atoms with Crippen molar-refractivity contribution in [3.05, 3.63) is 96.6 Å². The molecular weight excluding hydrogens is 426 g/mol. The van der Waals surface area contributed by atoms with Crippen molar-refractivity contribution < 1.29 is 22.7 Å². The summed E-state index contributed by atoms with van der Waals surface area (Å²) in [6.45, 7) is 0. The summed E-state index contributed by atoms with van der Waals surface area (Å²) in [5.41, 5.74) is 0.609. The summed E-state index contributed by atoms with van der Waals surface area (Å²) < 4.78 is 38.0. The van der Waals surface area contributed by atoms with Gasteiger partial charge >= 0.3 is 5.97 Å². The summed E-state index contributed by atoms with van der Waals surface area (Å²) >= 11 is 0. The summed E-state index contributed by atoms with van der Waals surface area (Å²) in [5, 5.41) is 1.97. The van der Waals surface area contributed by atoms with Crippen LogP contribution >= 0.6 is 0 Å². The highest BCUT2D eigenvalue weighted by Gasteiger charge is 2.23. The molecule has 0 amide bonds. The first-order valence-corrected chi connectivity index (χ1v) is 11.3. The van der Waals surface area contributed by atoms with Crippen LogP contribution in [0.15, 0.2) is 95.9 Å². The van der Waals surface area contributed by atoms with Crippen molar-refractivity contribution >= 4 is 32.5 Å². The van der Waals surface area contributed by atoms with E-state index in [-0.39, 0.29) is 10.5 Å². The first-order chi connectivity index (χ1) is 15.4. The maximum Gasteiger partial charge on any atom is 0.343 e. The third-order valence-electron chi connectivity index (χ3n) is 5.10. The van der Waals surface area contributed by atoms with Crippen molar-refractivity contribution in [1.82, 2.24) is 0 Å². The second-order valence-electron chi connectivity index (χ2n) is 7.10. The monoisotopic (exact) mass is 447 g/mol. The van der Waals surface area contributed by atoms with E-state index in [2.05, 4.69) is 0 Å². The number of anilines is 1. The topological polar surface area (TPSA) is 72.9 Å². The van der Waals surface area contributed by atoms with Gasteiger partial charge in [0.05, 0.1) is 23.3 Å². The Morgan fingerprint density at radius 3 is 2.19 bits per heavy atom. The van der Waals surface area contributed by atoms with Crippen LogP contribution in [0, 0.1) is 0 Å². The first-order valence-electron chi connectivity index (χ1n) is 9.82. The van der Waals surface area contributed by atoms with E-state index < -0.39 is 16.0 Å². The zero-order valence-corrected chi connectivity index (χ0v) is 18.4. The number of fused-ring (bicyclic) bond motifs is 1. The number of benzene rings is 4. The van der Waals surface area contributed by atoms with Crippen molar-refractivity contribution in [2.24, 2.45) is 0 Å². The van der Waals surface area contributed by atoms with E-state index in [0.717, 1.165) is 15.1 Å². The zero-order chi connectivity index (χ0) is 22.7. The van der Waals surface area contributed by atoms with E-state index in [1.165, 1.54) is 38.4 Å². The van der Waals surface area contributed by atoms with Gasteiger partial charge in [0.2, 0.25) is 0 Å². The standard InChI is InChI=1S/C25H21NO5S/c1-26(21-11-14-22(30-2)15-12-21)32(28,29)24-9-5-8-20(17-24)25(27)31-23-13-10-18-6-3-4-7-19(18)16-23/h3-17H,1-2H3. The quantitative estimate of drug-likeness (QED) is 0.311. The predicted molar refractivity (Wildman–Crippen MR) is 124 cm³/mol. The fourth-order valence-corrected chi connectivity index (χ4v) is 4.51. The van der Waals surface area contributed by atoms with Crippen molar-refractivity contribution in [2.45, 2.75) is 4.90 Å². The molecule has 6 nitrogen and oxygen atoms in total. The molecule has 0 atom stereocenters. The van der Waals surface area contributed by atoms with Gasteiger partial charge in [-0.1, -0.05) is 36.4 Å². The number of rotatable bonds is 6. The lowest BCUT2D eigenvalue weighted by Gasteiger charge is -2.20. The molecular formula is C25H21NO5S. The highest BCUT2D eigenvalue weighted by molar-refractivity contribution is 7.92. The number of esters is 1. The predicted octanol–water partition coefficient (Wildman–Crippen LogP) is 4.89. The second-order valence-corrected chi connectivity index (χ2v) is 9.07. The fraction of sp³-hybridized carbons (Fsp3) is 0.0800. The molecule has 0 unspecified atom stereocenters. The van der Waals surface area contributed by atoms with Crippen LogP contribution in [-0.2, 0) is 10.0 Å². The molecule has 7 heteroatoms. The van der Waals surface area contributed by atoms with Crippen LogP contribution in [0.25, 0.3) is 10.8 Å². The minimum atomic E-state index is -3.88. The van der Waals surface area contributed by atoms with E-state index in [4.69, 9.17) is 9.47 Å². The lowest BCUT2D eigenvalue weighted by molar-refractivity contribution is 0.0734. The van der Waals surface area contributed by atoms with Crippen molar-refractivity contribution in [2.75, 3.05) is 18.5 Å². The van der Waals surface area contributed by atoms with Gasteiger partial charge in [0.25, 0.3) is 10.0 Å². The molecule has 0 radical (unpaired) electrons. The summed E-state index contributed by atoms with van der Waals surface area (Å²) in [6.07, 6.45) is 0. The molecule has 4 aromatic carbocycles. The number of nitrogens with zero attached hydrogens (tertiary/aromatic N) is 1. The number of sulfonamides is 1.